The summed E-state index contributed by atoms with van der Waals surface area (Å²) < 4.78 is 5.50. The van der Waals surface area contributed by atoms with E-state index in [4.69, 9.17) is 9.84 Å². The van der Waals surface area contributed by atoms with Crippen molar-refractivity contribution in [2.45, 2.75) is 52.5 Å². The lowest BCUT2D eigenvalue weighted by molar-refractivity contribution is -0.137. The molecule has 0 saturated heterocycles. The third-order valence-corrected chi connectivity index (χ3v) is 2.69. The fourth-order valence-corrected chi connectivity index (χ4v) is 1.74. The number of aliphatic carboxylic acids is 1. The Kier molecular flexibility index (Phi) is 6.76. The molecule has 0 aromatic carbocycles. The van der Waals surface area contributed by atoms with Crippen LogP contribution in [0.2, 0.25) is 0 Å². The van der Waals surface area contributed by atoms with Crippen molar-refractivity contribution in [1.82, 2.24) is 9.97 Å². The first kappa shape index (κ1) is 16.2. The van der Waals surface area contributed by atoms with Crippen LogP contribution in [0, 0.1) is 6.92 Å². The number of hydrogen-bond acceptors (Lipinski definition) is 5. The van der Waals surface area contributed by atoms with Crippen LogP contribution in [0.3, 0.4) is 0 Å². The number of nitrogens with zero attached hydrogens (tertiary/aromatic N) is 2. The normalized spacial score (nSPS) is 11.9. The fraction of sp³-hybridized carbons (Fsp3) is 0.643. The number of ether oxygens (including phenoxy) is 1. The van der Waals surface area contributed by atoms with Gasteiger partial charge in [0.25, 0.3) is 0 Å². The molecular weight excluding hydrogens is 258 g/mol. The predicted molar refractivity (Wildman–Crippen MR) is 77.1 cm³/mol. The molecule has 20 heavy (non-hydrogen) atoms. The van der Waals surface area contributed by atoms with Crippen molar-refractivity contribution in [2.75, 3.05) is 11.9 Å². The molecule has 0 aliphatic rings. The zero-order chi connectivity index (χ0) is 15.0. The quantitative estimate of drug-likeness (QED) is 0.724. The van der Waals surface area contributed by atoms with Crippen LogP contribution in [0.1, 0.15) is 45.2 Å². The number of aryl methyl sites for hydroxylation is 1. The topological polar surface area (TPSA) is 84.3 Å². The fourth-order valence-electron chi connectivity index (χ4n) is 1.74. The summed E-state index contributed by atoms with van der Waals surface area (Å²) in [7, 11) is 0. The smallest absolute Gasteiger partial charge is 0.303 e. The molecule has 1 aromatic heterocycles. The van der Waals surface area contributed by atoms with Gasteiger partial charge in [0.05, 0.1) is 6.61 Å². The van der Waals surface area contributed by atoms with Crippen LogP contribution in [-0.2, 0) is 4.79 Å². The van der Waals surface area contributed by atoms with E-state index in [-0.39, 0.29) is 12.5 Å². The molecule has 6 heteroatoms. The first-order valence-electron chi connectivity index (χ1n) is 6.98. The highest BCUT2D eigenvalue weighted by atomic mass is 16.5. The summed E-state index contributed by atoms with van der Waals surface area (Å²) in [5, 5.41) is 11.8. The van der Waals surface area contributed by atoms with Gasteiger partial charge in [0.15, 0.2) is 0 Å². The second-order valence-electron chi connectivity index (χ2n) is 4.85. The molecule has 1 heterocycles. The third-order valence-electron chi connectivity index (χ3n) is 2.69. The summed E-state index contributed by atoms with van der Waals surface area (Å²) in [4.78, 5) is 19.1. The molecule has 0 aliphatic carbocycles. The number of carbonyl (C=O) groups is 1. The van der Waals surface area contributed by atoms with Gasteiger partial charge < -0.3 is 15.2 Å². The number of anilines is 1. The molecule has 0 radical (unpaired) electrons. The minimum Gasteiger partial charge on any atom is -0.481 e. The van der Waals surface area contributed by atoms with Crippen LogP contribution in [0.4, 0.5) is 5.95 Å². The van der Waals surface area contributed by atoms with Crippen molar-refractivity contribution in [3.8, 4) is 5.88 Å². The maximum atomic E-state index is 10.5. The molecule has 2 N–H and O–H groups in total. The number of nitrogens with one attached hydrogen (secondary N) is 1. The highest BCUT2D eigenvalue weighted by Crippen LogP contribution is 2.14. The minimum atomic E-state index is -0.765. The van der Waals surface area contributed by atoms with Crippen LogP contribution >= 0.6 is 0 Å². The first-order chi connectivity index (χ1) is 9.51. The lowest BCUT2D eigenvalue weighted by atomic mass is 10.1. The van der Waals surface area contributed by atoms with Gasteiger partial charge in [0.1, 0.15) is 0 Å². The van der Waals surface area contributed by atoms with Crippen molar-refractivity contribution < 1.29 is 14.6 Å². The Morgan fingerprint density at radius 3 is 2.90 bits per heavy atom. The molecular formula is C14H23N3O3. The van der Waals surface area contributed by atoms with E-state index >= 15 is 0 Å². The van der Waals surface area contributed by atoms with E-state index in [1.54, 1.807) is 6.07 Å². The van der Waals surface area contributed by atoms with Crippen LogP contribution < -0.4 is 10.1 Å². The first-order valence-corrected chi connectivity index (χ1v) is 6.98. The largest absolute Gasteiger partial charge is 0.481 e. The van der Waals surface area contributed by atoms with E-state index < -0.39 is 5.97 Å². The summed E-state index contributed by atoms with van der Waals surface area (Å²) >= 11 is 0. The molecule has 0 fully saturated rings. The Morgan fingerprint density at radius 2 is 2.25 bits per heavy atom. The molecule has 0 saturated carbocycles. The van der Waals surface area contributed by atoms with E-state index in [2.05, 4.69) is 15.3 Å². The highest BCUT2D eigenvalue weighted by Gasteiger charge is 2.08. The molecule has 6 nitrogen and oxygen atoms in total. The Balaban J connectivity index is 2.53. The van der Waals surface area contributed by atoms with E-state index in [1.807, 2.05) is 20.8 Å². The van der Waals surface area contributed by atoms with Gasteiger partial charge in [-0.1, -0.05) is 6.92 Å². The van der Waals surface area contributed by atoms with Gasteiger partial charge in [-0.15, -0.1) is 0 Å². The number of aromatic nitrogens is 2. The van der Waals surface area contributed by atoms with Crippen molar-refractivity contribution >= 4 is 11.9 Å². The van der Waals surface area contributed by atoms with Gasteiger partial charge >= 0.3 is 5.97 Å². The Morgan fingerprint density at radius 1 is 1.50 bits per heavy atom. The molecule has 1 aromatic rings. The Hall–Kier alpha value is -1.85. The van der Waals surface area contributed by atoms with Crippen LogP contribution in [-0.4, -0.2) is 33.7 Å². The summed E-state index contributed by atoms with van der Waals surface area (Å²) in [5.74, 6) is 0.331. The van der Waals surface area contributed by atoms with E-state index in [1.165, 1.54) is 0 Å². The molecule has 0 amide bonds. The van der Waals surface area contributed by atoms with E-state index in [0.29, 0.717) is 24.9 Å². The van der Waals surface area contributed by atoms with Crippen LogP contribution in [0.15, 0.2) is 6.07 Å². The summed E-state index contributed by atoms with van der Waals surface area (Å²) in [6.45, 7) is 6.54. The predicted octanol–water partition coefficient (Wildman–Crippen LogP) is 2.63. The summed E-state index contributed by atoms with van der Waals surface area (Å²) in [6, 6.07) is 1.92. The summed E-state index contributed by atoms with van der Waals surface area (Å²) in [5.41, 5.74) is 0.839. The van der Waals surface area contributed by atoms with Gasteiger partial charge in [0, 0.05) is 24.2 Å². The maximum absolute atomic E-state index is 10.5. The van der Waals surface area contributed by atoms with Gasteiger partial charge in [-0.3, -0.25) is 4.79 Å². The van der Waals surface area contributed by atoms with Crippen LogP contribution in [0.5, 0.6) is 5.88 Å². The van der Waals surface area contributed by atoms with Crippen molar-refractivity contribution in [3.05, 3.63) is 11.8 Å². The monoisotopic (exact) mass is 281 g/mol. The summed E-state index contributed by atoms with van der Waals surface area (Å²) in [6.07, 6.45) is 2.51. The zero-order valence-electron chi connectivity index (χ0n) is 12.3. The molecule has 0 spiro atoms. The highest BCUT2D eigenvalue weighted by molar-refractivity contribution is 5.66. The second-order valence-corrected chi connectivity index (χ2v) is 4.85. The average molecular weight is 281 g/mol. The number of carboxylic acid groups (broad SMARTS) is 1. The van der Waals surface area contributed by atoms with Crippen LogP contribution in [0.25, 0.3) is 0 Å². The zero-order valence-corrected chi connectivity index (χ0v) is 12.3. The van der Waals surface area contributed by atoms with Gasteiger partial charge in [-0.05, 0) is 33.1 Å². The Bertz CT molecular complexity index is 438. The second kappa shape index (κ2) is 8.35. The molecule has 0 aliphatic heterocycles. The minimum absolute atomic E-state index is 0.121. The van der Waals surface area contributed by atoms with E-state index in [9.17, 15) is 4.79 Å². The standard InChI is InChI=1S/C14H23N3O3/c1-4-8-20-12-9-11(3)16-14(17-12)15-10(2)6-5-7-13(18)19/h9-10H,4-8H2,1-3H3,(H,18,19)(H,15,16,17). The average Bonchev–Trinajstić information content (AvgIpc) is 2.35. The SMILES string of the molecule is CCCOc1cc(C)nc(NC(C)CCCC(=O)O)n1. The lowest BCUT2D eigenvalue weighted by Gasteiger charge is -2.14. The number of carboxylic acids is 1. The Labute approximate surface area is 119 Å². The lowest BCUT2D eigenvalue weighted by Crippen LogP contribution is -2.18. The molecule has 1 unspecified atom stereocenters. The van der Waals surface area contributed by atoms with Crippen molar-refractivity contribution in [2.24, 2.45) is 0 Å². The van der Waals surface area contributed by atoms with Gasteiger partial charge in [-0.2, -0.15) is 4.98 Å². The molecule has 1 rings (SSSR count). The van der Waals surface area contributed by atoms with Gasteiger partial charge in [-0.25, -0.2) is 4.98 Å². The van der Waals surface area contributed by atoms with E-state index in [0.717, 1.165) is 18.5 Å². The molecule has 112 valence electrons. The number of rotatable bonds is 9. The number of hydrogen-bond donors (Lipinski definition) is 2. The molecule has 1 atom stereocenters. The van der Waals surface area contributed by atoms with Crippen molar-refractivity contribution in [3.63, 3.8) is 0 Å². The van der Waals surface area contributed by atoms with Crippen molar-refractivity contribution in [1.29, 1.82) is 0 Å². The third kappa shape index (κ3) is 6.36. The van der Waals surface area contributed by atoms with Gasteiger partial charge in [0.2, 0.25) is 11.8 Å². The molecule has 0 bridgehead atoms. The maximum Gasteiger partial charge on any atom is 0.303 e.